The molecule has 4 amide bonds. The maximum atomic E-state index is 13.3. The van der Waals surface area contributed by atoms with Gasteiger partial charge in [-0.3, -0.25) is 14.5 Å². The van der Waals surface area contributed by atoms with E-state index in [1.807, 2.05) is 0 Å². The summed E-state index contributed by atoms with van der Waals surface area (Å²) in [5, 5.41) is 2.89. The zero-order valence-electron chi connectivity index (χ0n) is 14.8. The average molecular weight is 394 g/mol. The van der Waals surface area contributed by atoms with Gasteiger partial charge in [0.05, 0.1) is 5.02 Å². The van der Waals surface area contributed by atoms with E-state index in [1.54, 1.807) is 11.0 Å². The lowest BCUT2D eigenvalue weighted by atomic mass is 9.97. The third kappa shape index (κ3) is 3.29. The highest BCUT2D eigenvalue weighted by Crippen LogP contribution is 2.36. The Bertz CT molecular complexity index is 809. The van der Waals surface area contributed by atoms with E-state index in [1.165, 1.54) is 17.0 Å². The summed E-state index contributed by atoms with van der Waals surface area (Å²) in [6.07, 6.45) is 3.55. The lowest BCUT2D eigenvalue weighted by Gasteiger charge is -2.22. The molecule has 1 N–H and O–H groups in total. The first-order valence-electron chi connectivity index (χ1n) is 9.24. The summed E-state index contributed by atoms with van der Waals surface area (Å²) in [5.74, 6) is -0.783. The van der Waals surface area contributed by atoms with Crippen molar-refractivity contribution in [3.05, 3.63) is 34.6 Å². The second-order valence-electron chi connectivity index (χ2n) is 7.73. The number of halogens is 2. The van der Waals surface area contributed by atoms with E-state index in [-0.39, 0.29) is 35.3 Å². The summed E-state index contributed by atoms with van der Waals surface area (Å²) in [7, 11) is 0. The maximum Gasteiger partial charge on any atom is 0.325 e. The van der Waals surface area contributed by atoms with Crippen LogP contribution in [0.15, 0.2) is 18.2 Å². The van der Waals surface area contributed by atoms with Gasteiger partial charge in [0.15, 0.2) is 0 Å². The summed E-state index contributed by atoms with van der Waals surface area (Å²) in [6, 6.07) is 4.05. The van der Waals surface area contributed by atoms with Crippen molar-refractivity contribution in [1.82, 2.24) is 15.1 Å². The van der Waals surface area contributed by atoms with Crippen LogP contribution in [0.1, 0.15) is 37.7 Å². The molecule has 3 aliphatic rings. The molecule has 27 heavy (non-hydrogen) atoms. The number of benzene rings is 1. The van der Waals surface area contributed by atoms with Gasteiger partial charge >= 0.3 is 6.03 Å². The molecule has 1 saturated carbocycles. The number of nitrogens with one attached hydrogen (secondary N) is 1. The molecule has 1 aliphatic carbocycles. The number of rotatable bonds is 4. The second kappa shape index (κ2) is 6.78. The fourth-order valence-corrected chi connectivity index (χ4v) is 4.61. The van der Waals surface area contributed by atoms with E-state index < -0.39 is 11.4 Å². The number of hydrogen-bond donors (Lipinski definition) is 1. The van der Waals surface area contributed by atoms with Gasteiger partial charge in [-0.05, 0) is 30.5 Å². The van der Waals surface area contributed by atoms with Gasteiger partial charge in [-0.1, -0.05) is 30.5 Å². The Labute approximate surface area is 161 Å². The first-order chi connectivity index (χ1) is 12.9. The van der Waals surface area contributed by atoms with Gasteiger partial charge < -0.3 is 10.2 Å². The van der Waals surface area contributed by atoms with Gasteiger partial charge in [0.25, 0.3) is 5.91 Å². The molecule has 4 rings (SSSR count). The van der Waals surface area contributed by atoms with Crippen molar-refractivity contribution in [2.45, 2.75) is 44.2 Å². The molecule has 0 aromatic heterocycles. The minimum absolute atomic E-state index is 0.0249. The molecule has 1 aromatic rings. The molecular weight excluding hydrogens is 373 g/mol. The number of hydrogen-bond acceptors (Lipinski definition) is 3. The van der Waals surface area contributed by atoms with Crippen molar-refractivity contribution >= 4 is 29.4 Å². The van der Waals surface area contributed by atoms with E-state index in [4.69, 9.17) is 11.6 Å². The van der Waals surface area contributed by atoms with E-state index in [0.717, 1.165) is 18.4 Å². The van der Waals surface area contributed by atoms with Crippen LogP contribution in [0.25, 0.3) is 0 Å². The molecule has 1 atom stereocenters. The van der Waals surface area contributed by atoms with Crippen molar-refractivity contribution < 1.29 is 18.8 Å². The fourth-order valence-electron chi connectivity index (χ4n) is 4.41. The minimum atomic E-state index is -0.718. The van der Waals surface area contributed by atoms with Gasteiger partial charge in [-0.25, -0.2) is 9.18 Å². The molecular formula is C19H21ClFN3O3. The number of carbonyl (C=O) groups excluding carboxylic acids is 3. The highest BCUT2D eigenvalue weighted by molar-refractivity contribution is 6.30. The smallest absolute Gasteiger partial charge is 0.325 e. The standard InChI is InChI=1S/C19H21ClFN3O3/c20-14-7-12(3-4-15(14)21)9-23-10-13(8-16(23)25)11-24-17(26)19(22-18(24)27)5-1-2-6-19/h3-4,7,13H,1-2,5-6,8-11H2,(H,22,27). The lowest BCUT2D eigenvalue weighted by Crippen LogP contribution is -2.44. The molecule has 0 bridgehead atoms. The van der Waals surface area contributed by atoms with E-state index in [2.05, 4.69) is 5.32 Å². The van der Waals surface area contributed by atoms with Gasteiger partial charge in [0.2, 0.25) is 5.91 Å². The molecule has 1 unspecified atom stereocenters. The molecule has 2 saturated heterocycles. The first-order valence-corrected chi connectivity index (χ1v) is 9.61. The zero-order chi connectivity index (χ0) is 19.2. The van der Waals surface area contributed by atoms with Crippen LogP contribution in [-0.2, 0) is 16.1 Å². The van der Waals surface area contributed by atoms with Crippen molar-refractivity contribution in [1.29, 1.82) is 0 Å². The Kier molecular flexibility index (Phi) is 4.58. The van der Waals surface area contributed by atoms with E-state index in [0.29, 0.717) is 32.4 Å². The number of nitrogens with zero attached hydrogens (tertiary/aromatic N) is 2. The monoisotopic (exact) mass is 393 g/mol. The van der Waals surface area contributed by atoms with Crippen molar-refractivity contribution in [3.8, 4) is 0 Å². The minimum Gasteiger partial charge on any atom is -0.338 e. The Morgan fingerprint density at radius 1 is 1.22 bits per heavy atom. The Balaban J connectivity index is 1.40. The summed E-state index contributed by atoms with van der Waals surface area (Å²) in [6.45, 7) is 1.04. The number of urea groups is 1. The van der Waals surface area contributed by atoms with Gasteiger partial charge in [0, 0.05) is 32.0 Å². The van der Waals surface area contributed by atoms with Gasteiger partial charge in [-0.15, -0.1) is 0 Å². The van der Waals surface area contributed by atoms with E-state index in [9.17, 15) is 18.8 Å². The zero-order valence-corrected chi connectivity index (χ0v) is 15.6. The molecule has 6 nitrogen and oxygen atoms in total. The molecule has 8 heteroatoms. The van der Waals surface area contributed by atoms with Crippen LogP contribution >= 0.6 is 11.6 Å². The normalized spacial score (nSPS) is 24.4. The third-order valence-electron chi connectivity index (χ3n) is 5.80. The van der Waals surface area contributed by atoms with Crippen LogP contribution < -0.4 is 5.32 Å². The van der Waals surface area contributed by atoms with Crippen molar-refractivity contribution in [2.24, 2.45) is 5.92 Å². The molecule has 144 valence electrons. The topological polar surface area (TPSA) is 69.7 Å². The summed E-state index contributed by atoms with van der Waals surface area (Å²) >= 11 is 5.80. The predicted octanol–water partition coefficient (Wildman–Crippen LogP) is 2.69. The van der Waals surface area contributed by atoms with Crippen molar-refractivity contribution in [2.75, 3.05) is 13.1 Å². The number of likely N-dealkylation sites (tertiary alicyclic amines) is 1. The summed E-state index contributed by atoms with van der Waals surface area (Å²) in [4.78, 5) is 40.3. The fraction of sp³-hybridized carbons (Fsp3) is 0.526. The highest BCUT2D eigenvalue weighted by Gasteiger charge is 2.53. The highest BCUT2D eigenvalue weighted by atomic mass is 35.5. The summed E-state index contributed by atoms with van der Waals surface area (Å²) in [5.41, 5.74) is 0.0276. The number of imide groups is 1. The quantitative estimate of drug-likeness (QED) is 0.799. The van der Waals surface area contributed by atoms with Crippen LogP contribution in [0.3, 0.4) is 0 Å². The van der Waals surface area contributed by atoms with Gasteiger partial charge in [0.1, 0.15) is 11.4 Å². The SMILES string of the molecule is O=C1CC(CN2C(=O)NC3(CCCC3)C2=O)CN1Cc1ccc(F)c(Cl)c1. The van der Waals surface area contributed by atoms with Crippen LogP contribution in [0.5, 0.6) is 0 Å². The Morgan fingerprint density at radius 2 is 1.96 bits per heavy atom. The van der Waals surface area contributed by atoms with Gasteiger partial charge in [-0.2, -0.15) is 0 Å². The van der Waals surface area contributed by atoms with Crippen LogP contribution in [0, 0.1) is 11.7 Å². The lowest BCUT2D eigenvalue weighted by molar-refractivity contribution is -0.132. The molecule has 1 aromatic carbocycles. The van der Waals surface area contributed by atoms with Crippen LogP contribution in [0.2, 0.25) is 5.02 Å². The third-order valence-corrected chi connectivity index (χ3v) is 6.09. The summed E-state index contributed by atoms with van der Waals surface area (Å²) < 4.78 is 13.3. The molecule has 2 aliphatic heterocycles. The maximum absolute atomic E-state index is 13.3. The Hall–Kier alpha value is -2.15. The number of carbonyl (C=O) groups is 3. The second-order valence-corrected chi connectivity index (χ2v) is 8.14. The Morgan fingerprint density at radius 3 is 2.67 bits per heavy atom. The largest absolute Gasteiger partial charge is 0.338 e. The molecule has 3 fully saturated rings. The first kappa shape index (κ1) is 18.2. The van der Waals surface area contributed by atoms with Crippen LogP contribution in [-0.4, -0.2) is 46.3 Å². The van der Waals surface area contributed by atoms with Crippen molar-refractivity contribution in [3.63, 3.8) is 0 Å². The van der Waals surface area contributed by atoms with Crippen LogP contribution in [0.4, 0.5) is 9.18 Å². The molecule has 1 spiro atoms. The molecule has 0 radical (unpaired) electrons. The molecule has 2 heterocycles. The predicted molar refractivity (Wildman–Crippen MR) is 96.4 cm³/mol. The van der Waals surface area contributed by atoms with E-state index >= 15 is 0 Å². The number of amides is 4. The average Bonchev–Trinajstić information content (AvgIpc) is 3.28.